The van der Waals surface area contributed by atoms with Crippen LogP contribution in [-0.2, 0) is 0 Å². The number of aliphatic hydroxyl groups is 2. The van der Waals surface area contributed by atoms with E-state index in [4.69, 9.17) is 21.8 Å². The van der Waals surface area contributed by atoms with E-state index in [1.54, 1.807) is 13.3 Å². The molecule has 0 bridgehead atoms. The van der Waals surface area contributed by atoms with Crippen molar-refractivity contribution in [2.24, 2.45) is 4.99 Å². The Morgan fingerprint density at radius 3 is 2.69 bits per heavy atom. The van der Waals surface area contributed by atoms with Gasteiger partial charge in [0, 0.05) is 19.2 Å². The second-order valence-corrected chi connectivity index (χ2v) is 2.69. The van der Waals surface area contributed by atoms with Crippen molar-refractivity contribution in [3.8, 4) is 0 Å². The summed E-state index contributed by atoms with van der Waals surface area (Å²) in [6.45, 7) is 0.125. The minimum Gasteiger partial charge on any atom is -0.367 e. The maximum absolute atomic E-state index is 8.58. The Hall–Kier alpha value is -0.200. The van der Waals surface area contributed by atoms with E-state index in [1.807, 2.05) is 0 Å². The predicted octanol–water partition coefficient (Wildman–Crippen LogP) is -0.911. The summed E-state index contributed by atoms with van der Waals surface area (Å²) in [6, 6.07) is 0.249. The molecule has 13 heavy (non-hydrogen) atoms. The quantitative estimate of drug-likeness (QED) is 0.190. The second kappa shape index (κ2) is 8.40. The highest BCUT2D eigenvalue weighted by Crippen LogP contribution is 1.85. The van der Waals surface area contributed by atoms with Crippen LogP contribution in [0.25, 0.3) is 0 Å². The summed E-state index contributed by atoms with van der Waals surface area (Å²) in [5, 5.41) is 23.0. The first-order chi connectivity index (χ1) is 6.20. The molecule has 0 aliphatic rings. The number of nitrogens with zero attached hydrogens (tertiary/aromatic N) is 1. The van der Waals surface area contributed by atoms with Crippen LogP contribution in [0.3, 0.4) is 0 Å². The first-order valence-corrected chi connectivity index (χ1v) is 4.55. The molecule has 0 radical (unpaired) electrons. The van der Waals surface area contributed by atoms with Gasteiger partial charge in [0.05, 0.1) is 6.17 Å². The van der Waals surface area contributed by atoms with E-state index in [-0.39, 0.29) is 18.7 Å². The van der Waals surface area contributed by atoms with E-state index >= 15 is 0 Å². The van der Waals surface area contributed by atoms with Crippen molar-refractivity contribution in [1.29, 1.82) is 0 Å². The largest absolute Gasteiger partial charge is 0.367 e. The van der Waals surface area contributed by atoms with E-state index in [9.17, 15) is 0 Å². The van der Waals surface area contributed by atoms with Crippen molar-refractivity contribution in [3.63, 3.8) is 0 Å². The van der Waals surface area contributed by atoms with Crippen LogP contribution >= 0.6 is 11.6 Å². The van der Waals surface area contributed by atoms with Gasteiger partial charge in [0.25, 0.3) is 0 Å². The van der Waals surface area contributed by atoms with Gasteiger partial charge < -0.3 is 15.5 Å². The van der Waals surface area contributed by atoms with Gasteiger partial charge in [-0.15, -0.1) is 11.6 Å². The minimum absolute atomic E-state index is 0.0197. The molecule has 0 spiro atoms. The van der Waals surface area contributed by atoms with Crippen LogP contribution in [0.1, 0.15) is 6.42 Å². The Morgan fingerprint density at radius 1 is 1.54 bits per heavy atom. The van der Waals surface area contributed by atoms with Gasteiger partial charge in [0.15, 0.2) is 6.29 Å². The van der Waals surface area contributed by atoms with Crippen molar-refractivity contribution in [1.82, 2.24) is 10.6 Å². The summed E-state index contributed by atoms with van der Waals surface area (Å²) in [7, 11) is 1.77. The van der Waals surface area contributed by atoms with E-state index in [0.29, 0.717) is 6.42 Å². The number of nitrogens with one attached hydrogen (secondary N) is 2. The Morgan fingerprint density at radius 2 is 2.23 bits per heavy atom. The van der Waals surface area contributed by atoms with E-state index < -0.39 is 6.29 Å². The summed E-state index contributed by atoms with van der Waals surface area (Å²) in [4.78, 5) is 3.82. The third kappa shape index (κ3) is 8.14. The summed E-state index contributed by atoms with van der Waals surface area (Å²) in [5.41, 5.74) is 0. The van der Waals surface area contributed by atoms with Crippen LogP contribution in [0.5, 0.6) is 0 Å². The van der Waals surface area contributed by atoms with Crippen LogP contribution in [0.4, 0.5) is 0 Å². The molecule has 0 aliphatic carbocycles. The monoisotopic (exact) mass is 209 g/mol. The SMILES string of the molecule is CNC(C/C=N\CCl)NCC(O)O. The molecular formula is C7H16ClN3O2. The highest BCUT2D eigenvalue weighted by atomic mass is 35.5. The van der Waals surface area contributed by atoms with Crippen molar-refractivity contribution in [3.05, 3.63) is 0 Å². The normalized spacial score (nSPS) is 14.2. The van der Waals surface area contributed by atoms with E-state index in [1.165, 1.54) is 0 Å². The Labute approximate surface area is 82.8 Å². The molecule has 0 amide bonds. The Kier molecular flexibility index (Phi) is 8.27. The average molecular weight is 210 g/mol. The zero-order chi connectivity index (χ0) is 10.1. The van der Waals surface area contributed by atoms with Crippen molar-refractivity contribution in [2.75, 3.05) is 19.6 Å². The fraction of sp³-hybridized carbons (Fsp3) is 0.857. The van der Waals surface area contributed by atoms with Gasteiger partial charge in [-0.2, -0.15) is 0 Å². The smallest absolute Gasteiger partial charge is 0.164 e. The summed E-state index contributed by atoms with van der Waals surface area (Å²) in [6.07, 6.45) is 0.982. The lowest BCUT2D eigenvalue weighted by molar-refractivity contribution is -0.0392. The molecule has 5 nitrogen and oxygen atoms in total. The maximum Gasteiger partial charge on any atom is 0.164 e. The molecule has 1 atom stereocenters. The van der Waals surface area contributed by atoms with Gasteiger partial charge in [0.1, 0.15) is 6.00 Å². The molecule has 0 aromatic heterocycles. The number of aliphatic imine (C=N–C) groups is 1. The molecule has 0 aromatic rings. The third-order valence-electron chi connectivity index (χ3n) is 1.43. The lowest BCUT2D eigenvalue weighted by Crippen LogP contribution is -2.43. The van der Waals surface area contributed by atoms with Gasteiger partial charge in [-0.25, -0.2) is 0 Å². The number of hydrogen-bond acceptors (Lipinski definition) is 5. The molecule has 0 aliphatic heterocycles. The predicted molar refractivity (Wildman–Crippen MR) is 52.9 cm³/mol. The van der Waals surface area contributed by atoms with E-state index in [0.717, 1.165) is 0 Å². The summed E-state index contributed by atoms with van der Waals surface area (Å²) >= 11 is 5.34. The highest BCUT2D eigenvalue weighted by Gasteiger charge is 2.04. The zero-order valence-corrected chi connectivity index (χ0v) is 8.33. The molecule has 0 saturated heterocycles. The van der Waals surface area contributed by atoms with Gasteiger partial charge >= 0.3 is 0 Å². The van der Waals surface area contributed by atoms with Crippen molar-refractivity contribution >= 4 is 17.8 Å². The van der Waals surface area contributed by atoms with Crippen LogP contribution in [0.2, 0.25) is 0 Å². The average Bonchev–Trinajstić information content (AvgIpc) is 2.10. The number of hydrogen-bond donors (Lipinski definition) is 4. The minimum atomic E-state index is -1.33. The van der Waals surface area contributed by atoms with E-state index in [2.05, 4.69) is 15.6 Å². The Balaban J connectivity index is 3.56. The fourth-order valence-electron chi connectivity index (χ4n) is 0.780. The first kappa shape index (κ1) is 12.8. The molecule has 0 saturated carbocycles. The van der Waals surface area contributed by atoms with Crippen molar-refractivity contribution in [2.45, 2.75) is 18.9 Å². The molecule has 4 N–H and O–H groups in total. The standard InChI is InChI=1S/C7H16ClN3O2/c1-9-6(2-3-10-5-8)11-4-7(12)13/h3,6-7,9,11-13H,2,4-5H2,1H3/b10-3-. The second-order valence-electron chi connectivity index (χ2n) is 2.45. The molecule has 0 rings (SSSR count). The lowest BCUT2D eigenvalue weighted by Gasteiger charge is -2.16. The Bertz CT molecular complexity index is 144. The molecule has 0 fully saturated rings. The van der Waals surface area contributed by atoms with Crippen LogP contribution in [-0.4, -0.2) is 48.5 Å². The highest BCUT2D eigenvalue weighted by molar-refractivity contribution is 6.18. The molecule has 78 valence electrons. The van der Waals surface area contributed by atoms with Crippen LogP contribution < -0.4 is 10.6 Å². The number of halogens is 1. The molecule has 0 heterocycles. The lowest BCUT2D eigenvalue weighted by atomic mass is 10.3. The molecule has 1 unspecified atom stereocenters. The third-order valence-corrected chi connectivity index (χ3v) is 1.57. The first-order valence-electron chi connectivity index (χ1n) is 4.01. The number of alkyl halides is 1. The maximum atomic E-state index is 8.58. The van der Waals surface area contributed by atoms with Crippen LogP contribution in [0.15, 0.2) is 4.99 Å². The topological polar surface area (TPSA) is 76.9 Å². The van der Waals surface area contributed by atoms with Gasteiger partial charge in [-0.1, -0.05) is 0 Å². The number of aliphatic hydroxyl groups excluding tert-OH is 1. The van der Waals surface area contributed by atoms with Gasteiger partial charge in [-0.3, -0.25) is 10.3 Å². The van der Waals surface area contributed by atoms with Gasteiger partial charge in [-0.05, 0) is 7.05 Å². The van der Waals surface area contributed by atoms with Gasteiger partial charge in [0.2, 0.25) is 0 Å². The molecule has 0 aromatic carbocycles. The fourth-order valence-corrected chi connectivity index (χ4v) is 0.877. The zero-order valence-electron chi connectivity index (χ0n) is 7.57. The summed E-state index contributed by atoms with van der Waals surface area (Å²) in [5.74, 6) is 0. The van der Waals surface area contributed by atoms with Crippen LogP contribution in [0, 0.1) is 0 Å². The molecular weight excluding hydrogens is 194 g/mol. The summed E-state index contributed by atoms with van der Waals surface area (Å²) < 4.78 is 0. The molecule has 6 heteroatoms. The number of rotatable bonds is 7. The van der Waals surface area contributed by atoms with Crippen molar-refractivity contribution < 1.29 is 10.2 Å².